The molecular weight excluding hydrogens is 597 g/mol. The molecule has 4 aromatic rings. The number of aryl methyl sites for hydroxylation is 2. The first kappa shape index (κ1) is 34.5. The van der Waals surface area contributed by atoms with Crippen molar-refractivity contribution in [3.8, 4) is 11.5 Å². The van der Waals surface area contributed by atoms with Gasteiger partial charge in [-0.05, 0) is 119 Å². The minimum atomic E-state index is -0.271. The van der Waals surface area contributed by atoms with E-state index in [1.807, 2.05) is 64.4 Å². The second-order valence-electron chi connectivity index (χ2n) is 12.8. The van der Waals surface area contributed by atoms with Gasteiger partial charge in [-0.2, -0.15) is 5.10 Å². The van der Waals surface area contributed by atoms with E-state index in [1.165, 1.54) is 32.1 Å². The largest absolute Gasteiger partial charge is 0.359 e. The Bertz CT molecular complexity index is 1880. The fraction of sp³-hybridized carbons (Fsp3) is 0.325. The first-order chi connectivity index (χ1) is 23.2. The zero-order chi connectivity index (χ0) is 34.2. The van der Waals surface area contributed by atoms with Crippen molar-refractivity contribution in [3.05, 3.63) is 126 Å². The number of halogens is 1. The van der Waals surface area contributed by atoms with Crippen molar-refractivity contribution < 1.29 is 4.39 Å². The van der Waals surface area contributed by atoms with E-state index in [0.29, 0.717) is 28.6 Å². The molecular formula is C40H48FN7. The van der Waals surface area contributed by atoms with Gasteiger partial charge in [-0.3, -0.25) is 5.10 Å². The molecule has 48 heavy (non-hydrogen) atoms. The second kappa shape index (κ2) is 15.8. The maximum atomic E-state index is 14.9. The number of hydrogen-bond acceptors (Lipinski definition) is 5. The highest BCUT2D eigenvalue weighted by Crippen LogP contribution is 2.32. The Kier molecular flexibility index (Phi) is 11.4. The number of aromatic nitrogens is 5. The van der Waals surface area contributed by atoms with Crippen LogP contribution in [0.3, 0.4) is 0 Å². The summed E-state index contributed by atoms with van der Waals surface area (Å²) < 4.78 is 14.9. The third-order valence-corrected chi connectivity index (χ3v) is 8.94. The molecule has 0 radical (unpaired) electrons. The summed E-state index contributed by atoms with van der Waals surface area (Å²) in [4.78, 5) is 15.6. The molecule has 3 aromatic heterocycles. The van der Waals surface area contributed by atoms with Gasteiger partial charge in [0.05, 0.1) is 16.9 Å². The number of aromatic amines is 2. The van der Waals surface area contributed by atoms with Gasteiger partial charge >= 0.3 is 0 Å². The molecule has 0 unspecified atom stereocenters. The Balaban J connectivity index is 1.45. The highest BCUT2D eigenvalue weighted by atomic mass is 19.1. The molecule has 1 saturated carbocycles. The van der Waals surface area contributed by atoms with Gasteiger partial charge in [-0.25, -0.2) is 14.4 Å². The number of hydrogen-bond donors (Lipinski definition) is 3. The molecule has 7 nitrogen and oxygen atoms in total. The summed E-state index contributed by atoms with van der Waals surface area (Å²) in [5.41, 5.74) is 9.81. The normalized spacial score (nSPS) is 14.9. The molecule has 5 rings (SSSR count). The van der Waals surface area contributed by atoms with Crippen molar-refractivity contribution >= 4 is 22.2 Å². The predicted molar refractivity (Wildman–Crippen MR) is 198 cm³/mol. The summed E-state index contributed by atoms with van der Waals surface area (Å²) >= 11 is 0. The van der Waals surface area contributed by atoms with E-state index >= 15 is 0 Å². The number of fused-ring (bicyclic) bond motifs is 1. The van der Waals surface area contributed by atoms with E-state index in [9.17, 15) is 4.39 Å². The molecule has 1 aliphatic carbocycles. The molecule has 8 heteroatoms. The van der Waals surface area contributed by atoms with Crippen LogP contribution in [0.1, 0.15) is 73.7 Å². The van der Waals surface area contributed by atoms with Crippen LogP contribution in [0.25, 0.3) is 33.7 Å². The van der Waals surface area contributed by atoms with Gasteiger partial charge in [0, 0.05) is 22.7 Å². The topological polar surface area (TPSA) is 85.5 Å². The minimum absolute atomic E-state index is 0.271. The van der Waals surface area contributed by atoms with Gasteiger partial charge in [0.15, 0.2) is 11.5 Å². The van der Waals surface area contributed by atoms with Crippen LogP contribution in [-0.4, -0.2) is 50.7 Å². The lowest BCUT2D eigenvalue weighted by Crippen LogP contribution is -2.20. The Morgan fingerprint density at radius 1 is 1.10 bits per heavy atom. The zero-order valence-corrected chi connectivity index (χ0v) is 28.8. The Morgan fingerprint density at radius 2 is 1.90 bits per heavy atom. The molecule has 1 aromatic carbocycles. The van der Waals surface area contributed by atoms with Gasteiger partial charge < -0.3 is 15.2 Å². The van der Waals surface area contributed by atoms with E-state index in [4.69, 9.17) is 9.97 Å². The zero-order valence-electron chi connectivity index (χ0n) is 28.8. The average molecular weight is 646 g/mol. The lowest BCUT2D eigenvalue weighted by Gasteiger charge is -2.25. The molecule has 1 fully saturated rings. The molecule has 0 aliphatic heterocycles. The van der Waals surface area contributed by atoms with E-state index in [2.05, 4.69) is 51.2 Å². The van der Waals surface area contributed by atoms with Crippen molar-refractivity contribution in [2.24, 2.45) is 5.92 Å². The molecule has 1 aliphatic rings. The monoisotopic (exact) mass is 645 g/mol. The first-order valence-corrected chi connectivity index (χ1v) is 16.9. The van der Waals surface area contributed by atoms with Crippen LogP contribution in [-0.2, 0) is 6.42 Å². The summed E-state index contributed by atoms with van der Waals surface area (Å²) in [6.07, 6.45) is 17.4. The van der Waals surface area contributed by atoms with Crippen molar-refractivity contribution in [1.82, 2.24) is 35.4 Å². The molecule has 250 valence electrons. The average Bonchev–Trinajstić information content (AvgIpc) is 3.68. The second-order valence-corrected chi connectivity index (χ2v) is 12.8. The van der Waals surface area contributed by atoms with Gasteiger partial charge in [0.2, 0.25) is 0 Å². The van der Waals surface area contributed by atoms with E-state index in [-0.39, 0.29) is 5.82 Å². The number of pyridine rings is 1. The highest BCUT2D eigenvalue weighted by molar-refractivity contribution is 5.90. The SMILES string of the molecule is C=C/C=C(/c1cc(F)cc(CCCN(C)C)c1)c1nc(-c2n[nH]c3ccc(C(/C=C(\C=C)NC(=C)C4CCCCC4)=C/C)nc23)[nH]c1C. The minimum Gasteiger partial charge on any atom is -0.359 e. The fourth-order valence-electron chi connectivity index (χ4n) is 6.40. The van der Waals surface area contributed by atoms with Crippen molar-refractivity contribution in [2.45, 2.75) is 58.8 Å². The maximum Gasteiger partial charge on any atom is 0.161 e. The molecule has 0 saturated heterocycles. The van der Waals surface area contributed by atoms with Crippen molar-refractivity contribution in [1.29, 1.82) is 0 Å². The van der Waals surface area contributed by atoms with Gasteiger partial charge in [0.1, 0.15) is 11.3 Å². The predicted octanol–water partition coefficient (Wildman–Crippen LogP) is 9.06. The van der Waals surface area contributed by atoms with Crippen LogP contribution < -0.4 is 5.32 Å². The Hall–Kier alpha value is -4.82. The molecule has 3 heterocycles. The first-order valence-electron chi connectivity index (χ1n) is 16.9. The number of allylic oxidation sites excluding steroid dienone is 7. The van der Waals surface area contributed by atoms with E-state index in [1.54, 1.807) is 18.2 Å². The Morgan fingerprint density at radius 3 is 2.60 bits per heavy atom. The summed E-state index contributed by atoms with van der Waals surface area (Å²) in [6.45, 7) is 17.2. The summed E-state index contributed by atoms with van der Waals surface area (Å²) in [5, 5.41) is 11.2. The smallest absolute Gasteiger partial charge is 0.161 e. The van der Waals surface area contributed by atoms with Crippen LogP contribution in [0.15, 0.2) is 91.8 Å². The van der Waals surface area contributed by atoms with Gasteiger partial charge in [-0.15, -0.1) is 0 Å². The maximum absolute atomic E-state index is 14.9. The van der Waals surface area contributed by atoms with Crippen LogP contribution in [0.2, 0.25) is 0 Å². The van der Waals surface area contributed by atoms with E-state index < -0.39 is 0 Å². The fourth-order valence-corrected chi connectivity index (χ4v) is 6.40. The standard InChI is InChI=1S/C40H48FN7/c1-8-15-34(31-22-28(23-32(41)24-31)16-14-21-48(6)7)37-27(5)43-40(45-37)39-38-36(46-47-39)20-19-35(44-38)29(9-2)25-33(10-3)42-26(4)30-17-12-11-13-18-30/h8-10,15,19-20,22-25,30,42H,1,3-4,11-14,16-18,21H2,2,5-7H3,(H,43,45)(H,46,47)/b29-9+,33-25+,34-15-. The number of H-pyrrole nitrogens is 2. The number of imidazole rings is 1. The number of benzene rings is 1. The molecule has 0 bridgehead atoms. The number of nitrogens with one attached hydrogen (secondary N) is 3. The third-order valence-electron chi connectivity index (χ3n) is 8.94. The molecule has 0 atom stereocenters. The quantitative estimate of drug-likeness (QED) is 0.119. The number of rotatable bonds is 14. The summed E-state index contributed by atoms with van der Waals surface area (Å²) in [6, 6.07) is 9.18. The molecule has 3 N–H and O–H groups in total. The van der Waals surface area contributed by atoms with Gasteiger partial charge in [-0.1, -0.05) is 63.3 Å². The summed E-state index contributed by atoms with van der Waals surface area (Å²) in [7, 11) is 4.09. The van der Waals surface area contributed by atoms with Crippen LogP contribution >= 0.6 is 0 Å². The van der Waals surface area contributed by atoms with Crippen molar-refractivity contribution in [2.75, 3.05) is 20.6 Å². The third kappa shape index (κ3) is 8.17. The van der Waals surface area contributed by atoms with Gasteiger partial charge in [0.25, 0.3) is 0 Å². The van der Waals surface area contributed by atoms with Crippen LogP contribution in [0, 0.1) is 18.7 Å². The van der Waals surface area contributed by atoms with E-state index in [0.717, 1.165) is 70.0 Å². The van der Waals surface area contributed by atoms with Crippen LogP contribution in [0.5, 0.6) is 0 Å². The highest BCUT2D eigenvalue weighted by Gasteiger charge is 2.20. The van der Waals surface area contributed by atoms with Crippen molar-refractivity contribution in [3.63, 3.8) is 0 Å². The van der Waals surface area contributed by atoms with Crippen LogP contribution in [0.4, 0.5) is 4.39 Å². The molecule has 0 spiro atoms. The number of nitrogens with zero attached hydrogens (tertiary/aromatic N) is 4. The lowest BCUT2D eigenvalue weighted by atomic mass is 9.87. The molecule has 0 amide bonds. The lowest BCUT2D eigenvalue weighted by molar-refractivity contribution is 0.393. The Labute approximate surface area is 284 Å². The summed E-state index contributed by atoms with van der Waals surface area (Å²) in [5.74, 6) is 0.789.